The van der Waals surface area contributed by atoms with E-state index in [1.54, 1.807) is 0 Å². The Hall–Kier alpha value is -2.64. The second kappa shape index (κ2) is 8.80. The second-order valence-corrected chi connectivity index (χ2v) is 8.09. The third kappa shape index (κ3) is 4.86. The summed E-state index contributed by atoms with van der Waals surface area (Å²) in [6.07, 6.45) is 7.77. The summed E-state index contributed by atoms with van der Waals surface area (Å²) in [5.74, 6) is 0.598. The lowest BCUT2D eigenvalue weighted by atomic mass is 9.97. The van der Waals surface area contributed by atoms with Gasteiger partial charge < -0.3 is 14.6 Å². The summed E-state index contributed by atoms with van der Waals surface area (Å²) in [6.45, 7) is 5.01. The minimum Gasteiger partial charge on any atom is -0.386 e. The maximum Gasteiger partial charge on any atom is 0.322 e. The number of benzene rings is 1. The molecule has 29 heavy (non-hydrogen) atoms. The highest BCUT2D eigenvalue weighted by Gasteiger charge is 2.33. The molecule has 2 amide bonds. The first-order valence-corrected chi connectivity index (χ1v) is 10.2. The zero-order valence-corrected chi connectivity index (χ0v) is 17.1. The second-order valence-electron chi connectivity index (χ2n) is 8.09. The van der Waals surface area contributed by atoms with Crippen LogP contribution in [0.3, 0.4) is 0 Å². The summed E-state index contributed by atoms with van der Waals surface area (Å²) in [6, 6.07) is 8.66. The Morgan fingerprint density at radius 2 is 1.93 bits per heavy atom. The smallest absolute Gasteiger partial charge is 0.322 e. The Kier molecular flexibility index (Phi) is 5.97. The molecule has 2 aliphatic heterocycles. The Morgan fingerprint density at radius 3 is 2.72 bits per heavy atom. The van der Waals surface area contributed by atoms with Gasteiger partial charge in [0, 0.05) is 39.3 Å². The van der Waals surface area contributed by atoms with Crippen molar-refractivity contribution < 1.29 is 9.63 Å². The minimum atomic E-state index is -0.101. The first-order valence-electron chi connectivity index (χ1n) is 10.2. The van der Waals surface area contributed by atoms with Crippen LogP contribution < -0.4 is 5.32 Å². The average Bonchev–Trinajstić information content (AvgIpc) is 3.11. The number of nitrogens with zero attached hydrogens (tertiary/aromatic N) is 4. The molecule has 0 radical (unpaired) electrons. The Labute approximate surface area is 172 Å². The average molecular weight is 396 g/mol. The van der Waals surface area contributed by atoms with Crippen molar-refractivity contribution >= 4 is 11.9 Å². The van der Waals surface area contributed by atoms with Crippen LogP contribution in [0.4, 0.5) is 4.79 Å². The van der Waals surface area contributed by atoms with Crippen LogP contribution in [-0.4, -0.2) is 72.9 Å². The van der Waals surface area contributed by atoms with E-state index in [9.17, 15) is 4.79 Å². The molecule has 4 rings (SSSR count). The standard InChI is InChI=1S/C22H29N5O2/c1-25(2)15-17-6-5-7-18(14-17)16-26-10-12-27(13-11-26)22(28)23-21-19-8-3-4-9-20(19)29-24-21/h3-9,14,19-20H,10-13,15-16H2,1-2H3,(H,23,24,28). The molecule has 1 aromatic carbocycles. The third-order valence-electron chi connectivity index (χ3n) is 5.46. The lowest BCUT2D eigenvalue weighted by Crippen LogP contribution is -2.53. The molecule has 7 heteroatoms. The summed E-state index contributed by atoms with van der Waals surface area (Å²) < 4.78 is 0. The maximum atomic E-state index is 12.7. The van der Waals surface area contributed by atoms with Crippen molar-refractivity contribution in [2.24, 2.45) is 11.1 Å². The van der Waals surface area contributed by atoms with E-state index in [0.717, 1.165) is 26.2 Å². The molecule has 2 unspecified atom stereocenters. The van der Waals surface area contributed by atoms with Crippen LogP contribution in [0.2, 0.25) is 0 Å². The highest BCUT2D eigenvalue weighted by Crippen LogP contribution is 2.23. The summed E-state index contributed by atoms with van der Waals surface area (Å²) in [4.78, 5) is 24.5. The van der Waals surface area contributed by atoms with Gasteiger partial charge in [0.15, 0.2) is 11.9 Å². The van der Waals surface area contributed by atoms with Crippen LogP contribution in [0.1, 0.15) is 11.1 Å². The van der Waals surface area contributed by atoms with Crippen molar-refractivity contribution in [1.82, 2.24) is 20.0 Å². The van der Waals surface area contributed by atoms with Gasteiger partial charge in [-0.05, 0) is 31.3 Å². The van der Waals surface area contributed by atoms with Gasteiger partial charge in [-0.3, -0.25) is 10.2 Å². The normalized spacial score (nSPS) is 23.7. The van der Waals surface area contributed by atoms with Crippen LogP contribution in [-0.2, 0) is 17.9 Å². The van der Waals surface area contributed by atoms with Gasteiger partial charge in [-0.2, -0.15) is 0 Å². The number of amides is 2. The molecule has 1 aromatic rings. The van der Waals surface area contributed by atoms with Crippen molar-refractivity contribution in [3.8, 4) is 0 Å². The lowest BCUT2D eigenvalue weighted by Gasteiger charge is -2.34. The molecule has 1 fully saturated rings. The number of fused-ring (bicyclic) bond motifs is 1. The first kappa shape index (κ1) is 19.7. The molecule has 1 saturated heterocycles. The van der Waals surface area contributed by atoms with Gasteiger partial charge >= 0.3 is 6.03 Å². The van der Waals surface area contributed by atoms with Crippen molar-refractivity contribution in [1.29, 1.82) is 0 Å². The number of allylic oxidation sites excluding steroid dienone is 2. The van der Waals surface area contributed by atoms with Gasteiger partial charge in [0.1, 0.15) is 0 Å². The summed E-state index contributed by atoms with van der Waals surface area (Å²) in [7, 11) is 4.17. The molecule has 1 N–H and O–H groups in total. The quantitative estimate of drug-likeness (QED) is 0.848. The van der Waals surface area contributed by atoms with Gasteiger partial charge in [-0.25, -0.2) is 4.79 Å². The molecule has 2 atom stereocenters. The zero-order chi connectivity index (χ0) is 20.2. The van der Waals surface area contributed by atoms with Gasteiger partial charge in [0.05, 0.1) is 5.92 Å². The van der Waals surface area contributed by atoms with E-state index in [4.69, 9.17) is 4.84 Å². The number of nitrogens with one attached hydrogen (secondary N) is 1. The van der Waals surface area contributed by atoms with Crippen molar-refractivity contribution in [2.45, 2.75) is 19.2 Å². The first-order chi connectivity index (χ1) is 14.1. The van der Waals surface area contributed by atoms with Crippen LogP contribution in [0.5, 0.6) is 0 Å². The number of oxime groups is 1. The van der Waals surface area contributed by atoms with E-state index < -0.39 is 0 Å². The minimum absolute atomic E-state index is 0.000295. The zero-order valence-electron chi connectivity index (χ0n) is 17.1. The molecule has 0 spiro atoms. The molecule has 3 aliphatic rings. The molecule has 7 nitrogen and oxygen atoms in total. The number of amidine groups is 1. The number of rotatable bonds is 4. The molecular weight excluding hydrogens is 366 g/mol. The molecule has 0 bridgehead atoms. The van der Waals surface area contributed by atoms with Gasteiger partial charge in [-0.15, -0.1) is 0 Å². The Balaban J connectivity index is 1.26. The number of carbonyl (C=O) groups is 1. The van der Waals surface area contributed by atoms with Crippen LogP contribution in [0, 0.1) is 5.92 Å². The predicted octanol–water partition coefficient (Wildman–Crippen LogP) is 2.03. The number of hydrogen-bond acceptors (Lipinski definition) is 5. The highest BCUT2D eigenvalue weighted by molar-refractivity contribution is 6.00. The molecule has 154 valence electrons. The van der Waals surface area contributed by atoms with E-state index in [-0.39, 0.29) is 18.1 Å². The molecular formula is C22H29N5O2. The Morgan fingerprint density at radius 1 is 1.17 bits per heavy atom. The van der Waals surface area contributed by atoms with Crippen molar-refractivity contribution in [3.05, 3.63) is 59.7 Å². The number of urea groups is 1. The van der Waals surface area contributed by atoms with E-state index in [1.165, 1.54) is 11.1 Å². The van der Waals surface area contributed by atoms with Gasteiger partial charge in [-0.1, -0.05) is 47.6 Å². The lowest BCUT2D eigenvalue weighted by molar-refractivity contribution is 0.105. The Bertz CT molecular complexity index is 824. The molecule has 1 aliphatic carbocycles. The summed E-state index contributed by atoms with van der Waals surface area (Å²) >= 11 is 0. The number of carbonyl (C=O) groups excluding carboxylic acids is 1. The fraction of sp³-hybridized carbons (Fsp3) is 0.455. The maximum absolute atomic E-state index is 12.7. The SMILES string of the molecule is CN(C)Cc1cccc(CN2CCN(C(=O)NC3=NOC4C=CC=CC34)CC2)c1. The van der Waals surface area contributed by atoms with Crippen molar-refractivity contribution in [2.75, 3.05) is 40.3 Å². The van der Waals surface area contributed by atoms with E-state index in [2.05, 4.69) is 58.6 Å². The van der Waals surface area contributed by atoms with Crippen molar-refractivity contribution in [3.63, 3.8) is 0 Å². The van der Waals surface area contributed by atoms with Gasteiger partial charge in [0.25, 0.3) is 0 Å². The van der Waals surface area contributed by atoms with E-state index >= 15 is 0 Å². The molecule has 0 saturated carbocycles. The summed E-state index contributed by atoms with van der Waals surface area (Å²) in [5.41, 5.74) is 2.65. The van der Waals surface area contributed by atoms with Crippen LogP contribution in [0.15, 0.2) is 53.7 Å². The number of piperazine rings is 1. The van der Waals surface area contributed by atoms with Gasteiger partial charge in [0.2, 0.25) is 0 Å². The van der Waals surface area contributed by atoms with E-state index in [0.29, 0.717) is 18.9 Å². The van der Waals surface area contributed by atoms with E-state index in [1.807, 2.05) is 29.2 Å². The predicted molar refractivity (Wildman–Crippen MR) is 113 cm³/mol. The molecule has 0 aromatic heterocycles. The molecule has 2 heterocycles. The fourth-order valence-electron chi connectivity index (χ4n) is 3.97. The topological polar surface area (TPSA) is 60.4 Å². The largest absolute Gasteiger partial charge is 0.386 e. The fourth-order valence-corrected chi connectivity index (χ4v) is 3.97. The van der Waals surface area contributed by atoms with Crippen LogP contribution >= 0.6 is 0 Å². The third-order valence-corrected chi connectivity index (χ3v) is 5.46. The monoisotopic (exact) mass is 395 g/mol. The van der Waals surface area contributed by atoms with Crippen LogP contribution in [0.25, 0.3) is 0 Å². The summed E-state index contributed by atoms with van der Waals surface area (Å²) in [5, 5.41) is 7.00. The highest BCUT2D eigenvalue weighted by atomic mass is 16.6. The number of hydrogen-bond donors (Lipinski definition) is 1.